The number of benzene rings is 2. The van der Waals surface area contributed by atoms with Gasteiger partial charge in [-0.1, -0.05) is 59.3 Å². The quantitative estimate of drug-likeness (QED) is 0.655. The second-order valence-corrected chi connectivity index (χ2v) is 7.66. The molecule has 136 valence electrons. The summed E-state index contributed by atoms with van der Waals surface area (Å²) in [5, 5.41) is 9.28. The molecule has 0 saturated carbocycles. The molecule has 27 heavy (non-hydrogen) atoms. The van der Waals surface area contributed by atoms with Gasteiger partial charge in [-0.3, -0.25) is 14.5 Å². The summed E-state index contributed by atoms with van der Waals surface area (Å²) in [6.07, 6.45) is 0.508. The minimum Gasteiger partial charge on any atom is -0.365 e. The van der Waals surface area contributed by atoms with Gasteiger partial charge in [-0.15, -0.1) is 0 Å². The zero-order chi connectivity index (χ0) is 19.6. The van der Waals surface area contributed by atoms with Gasteiger partial charge in [0.15, 0.2) is 0 Å². The first-order valence-electron chi connectivity index (χ1n) is 8.47. The summed E-state index contributed by atoms with van der Waals surface area (Å²) in [4.78, 5) is 26.3. The number of amides is 2. The van der Waals surface area contributed by atoms with Crippen LogP contribution in [-0.2, 0) is 16.0 Å². The van der Waals surface area contributed by atoms with Crippen molar-refractivity contribution in [3.8, 4) is 6.07 Å². The fourth-order valence-electron chi connectivity index (χ4n) is 2.98. The second kappa shape index (κ2) is 7.68. The molecule has 1 fully saturated rings. The Hall–Kier alpha value is -3.04. The van der Waals surface area contributed by atoms with E-state index < -0.39 is 11.2 Å². The van der Waals surface area contributed by atoms with Crippen LogP contribution in [0.25, 0.3) is 0 Å². The number of nitriles is 1. The van der Waals surface area contributed by atoms with E-state index >= 15 is 0 Å². The van der Waals surface area contributed by atoms with Crippen LogP contribution in [-0.4, -0.2) is 17.1 Å². The van der Waals surface area contributed by atoms with Gasteiger partial charge in [0.05, 0.1) is 5.25 Å². The van der Waals surface area contributed by atoms with Gasteiger partial charge in [0.1, 0.15) is 16.7 Å². The van der Waals surface area contributed by atoms with Crippen molar-refractivity contribution in [2.45, 2.75) is 25.5 Å². The summed E-state index contributed by atoms with van der Waals surface area (Å²) < 4.78 is 0. The first-order chi connectivity index (χ1) is 12.9. The number of anilines is 1. The number of nitrogens with two attached hydrogens (primary N) is 1. The van der Waals surface area contributed by atoms with E-state index in [0.717, 1.165) is 16.7 Å². The Morgan fingerprint density at radius 3 is 2.48 bits per heavy atom. The van der Waals surface area contributed by atoms with Crippen molar-refractivity contribution in [1.82, 2.24) is 0 Å². The first-order valence-corrected chi connectivity index (χ1v) is 9.35. The maximum absolute atomic E-state index is 13.1. The van der Waals surface area contributed by atoms with Crippen LogP contribution < -0.4 is 10.6 Å². The normalized spacial score (nSPS) is 18.3. The number of hydrogen-bond donors (Lipinski definition) is 1. The van der Waals surface area contributed by atoms with Gasteiger partial charge in [-0.05, 0) is 38.0 Å². The minimum absolute atomic E-state index is 0.158. The van der Waals surface area contributed by atoms with Crippen LogP contribution in [0.5, 0.6) is 0 Å². The van der Waals surface area contributed by atoms with Crippen molar-refractivity contribution in [3.05, 3.63) is 75.8 Å². The lowest BCUT2D eigenvalue weighted by molar-refractivity contribution is -0.117. The lowest BCUT2D eigenvalue weighted by Crippen LogP contribution is -2.31. The summed E-state index contributed by atoms with van der Waals surface area (Å²) in [7, 11) is 0. The molecule has 1 heterocycles. The molecule has 0 bridgehead atoms. The summed E-state index contributed by atoms with van der Waals surface area (Å²) in [6.45, 7) is 3.95. The van der Waals surface area contributed by atoms with Gasteiger partial charge in [0, 0.05) is 5.69 Å². The van der Waals surface area contributed by atoms with Crippen molar-refractivity contribution in [2.75, 3.05) is 4.90 Å². The van der Waals surface area contributed by atoms with E-state index in [1.165, 1.54) is 16.7 Å². The lowest BCUT2D eigenvalue weighted by atomic mass is 10.1. The molecule has 0 spiro atoms. The Morgan fingerprint density at radius 1 is 1.19 bits per heavy atom. The van der Waals surface area contributed by atoms with Crippen LogP contribution >= 0.6 is 11.8 Å². The maximum Gasteiger partial charge on any atom is 0.262 e. The van der Waals surface area contributed by atoms with Crippen molar-refractivity contribution in [3.63, 3.8) is 0 Å². The van der Waals surface area contributed by atoms with E-state index in [9.17, 15) is 14.9 Å². The van der Waals surface area contributed by atoms with Gasteiger partial charge in [0.25, 0.3) is 5.91 Å². The van der Waals surface area contributed by atoms with E-state index in [-0.39, 0.29) is 11.5 Å². The molecule has 2 N–H and O–H groups in total. The third-order valence-corrected chi connectivity index (χ3v) is 5.58. The summed E-state index contributed by atoms with van der Waals surface area (Å²) in [5.74, 6) is -0.990. The number of carbonyl (C=O) groups is 2. The fraction of sp³-hybridized carbons (Fsp3) is 0.190. The largest absolute Gasteiger partial charge is 0.365 e. The SMILES string of the molecule is Cc1ccc(N2C(=O)[C@H](Cc3cccc(C)c3)S/C2=C(/C#N)C(N)=O)cc1. The summed E-state index contributed by atoms with van der Waals surface area (Å²) >= 11 is 1.22. The molecular weight excluding hydrogens is 358 g/mol. The molecule has 2 aromatic carbocycles. The molecule has 0 radical (unpaired) electrons. The van der Waals surface area contributed by atoms with Crippen molar-refractivity contribution in [1.29, 1.82) is 5.26 Å². The highest BCUT2D eigenvalue weighted by molar-refractivity contribution is 8.05. The number of aryl methyl sites for hydroxylation is 2. The molecule has 1 aliphatic heterocycles. The highest BCUT2D eigenvalue weighted by atomic mass is 32.2. The highest BCUT2D eigenvalue weighted by Crippen LogP contribution is 2.41. The first kappa shape index (κ1) is 18.7. The molecular formula is C21H19N3O2S. The van der Waals surface area contributed by atoms with Gasteiger partial charge >= 0.3 is 0 Å². The molecule has 1 aliphatic rings. The zero-order valence-electron chi connectivity index (χ0n) is 15.1. The van der Waals surface area contributed by atoms with E-state index in [4.69, 9.17) is 5.73 Å². The van der Waals surface area contributed by atoms with Crippen molar-refractivity contribution >= 4 is 29.3 Å². The Bertz CT molecular complexity index is 974. The summed E-state index contributed by atoms with van der Waals surface area (Å²) in [6, 6.07) is 17.2. The second-order valence-electron chi connectivity index (χ2n) is 6.47. The molecule has 6 heteroatoms. The van der Waals surface area contributed by atoms with E-state index in [1.54, 1.807) is 12.1 Å². The predicted octanol–water partition coefficient (Wildman–Crippen LogP) is 3.22. The third kappa shape index (κ3) is 3.88. The van der Waals surface area contributed by atoms with E-state index in [1.807, 2.05) is 56.3 Å². The molecule has 5 nitrogen and oxygen atoms in total. The Morgan fingerprint density at radius 2 is 1.89 bits per heavy atom. The number of hydrogen-bond acceptors (Lipinski definition) is 4. The Labute approximate surface area is 162 Å². The topological polar surface area (TPSA) is 87.2 Å². The highest BCUT2D eigenvalue weighted by Gasteiger charge is 2.40. The smallest absolute Gasteiger partial charge is 0.262 e. The van der Waals surface area contributed by atoms with Gasteiger partial charge < -0.3 is 5.73 Å². The van der Waals surface area contributed by atoms with Crippen LogP contribution in [0.3, 0.4) is 0 Å². The number of nitrogens with zero attached hydrogens (tertiary/aromatic N) is 2. The van der Waals surface area contributed by atoms with Crippen LogP contribution in [0.1, 0.15) is 16.7 Å². The molecule has 3 rings (SSSR count). The molecule has 2 aromatic rings. The average molecular weight is 377 g/mol. The van der Waals surface area contributed by atoms with Crippen LogP contribution in [0, 0.1) is 25.2 Å². The molecule has 1 atom stereocenters. The van der Waals surface area contributed by atoms with Gasteiger partial charge in [0.2, 0.25) is 5.91 Å². The Kier molecular flexibility index (Phi) is 5.33. The monoisotopic (exact) mass is 377 g/mol. The van der Waals surface area contributed by atoms with Crippen molar-refractivity contribution < 1.29 is 9.59 Å². The third-order valence-electron chi connectivity index (χ3n) is 4.32. The molecule has 1 saturated heterocycles. The summed E-state index contributed by atoms with van der Waals surface area (Å²) in [5.41, 5.74) is 9.01. The molecule has 0 unspecified atom stereocenters. The Balaban J connectivity index is 2.03. The molecule has 0 aromatic heterocycles. The minimum atomic E-state index is -0.832. The van der Waals surface area contributed by atoms with Gasteiger partial charge in [-0.2, -0.15) is 5.26 Å². The van der Waals surface area contributed by atoms with Crippen LogP contribution in [0.15, 0.2) is 59.1 Å². The van der Waals surface area contributed by atoms with Gasteiger partial charge in [-0.25, -0.2) is 0 Å². The fourth-order valence-corrected chi connectivity index (χ4v) is 4.30. The standard InChI is InChI=1S/C21H19N3O2S/c1-13-6-8-16(9-7-13)24-20(26)18(11-15-5-3-4-14(2)10-15)27-21(24)17(12-22)19(23)25/h3-10,18H,11H2,1-2H3,(H2,23,25)/b21-17-/t18-/m0/s1. The number of rotatable bonds is 4. The number of primary amides is 1. The molecule has 0 aliphatic carbocycles. The lowest BCUT2D eigenvalue weighted by Gasteiger charge is -2.18. The van der Waals surface area contributed by atoms with Crippen molar-refractivity contribution in [2.24, 2.45) is 5.73 Å². The van der Waals surface area contributed by atoms with E-state index in [2.05, 4.69) is 0 Å². The average Bonchev–Trinajstić information content (AvgIpc) is 2.92. The number of carbonyl (C=O) groups excluding carboxylic acids is 2. The molecule has 2 amide bonds. The predicted molar refractivity (Wildman–Crippen MR) is 107 cm³/mol. The maximum atomic E-state index is 13.1. The zero-order valence-corrected chi connectivity index (χ0v) is 15.9. The van der Waals surface area contributed by atoms with Crippen LogP contribution in [0.2, 0.25) is 0 Å². The number of thioether (sulfide) groups is 1. The van der Waals surface area contributed by atoms with E-state index in [0.29, 0.717) is 17.1 Å². The van der Waals surface area contributed by atoms with Crippen LogP contribution in [0.4, 0.5) is 5.69 Å².